The zero-order valence-electron chi connectivity index (χ0n) is 10.6. The van der Waals surface area contributed by atoms with E-state index in [1.807, 2.05) is 12.1 Å². The summed E-state index contributed by atoms with van der Waals surface area (Å²) in [6, 6.07) is 16.9. The molecule has 1 N–H and O–H groups in total. The van der Waals surface area contributed by atoms with E-state index in [0.717, 1.165) is 24.2 Å². The molecule has 0 saturated carbocycles. The van der Waals surface area contributed by atoms with Gasteiger partial charge in [-0.3, -0.25) is 0 Å². The summed E-state index contributed by atoms with van der Waals surface area (Å²) < 4.78 is 0. The molecule has 0 fully saturated rings. The van der Waals surface area contributed by atoms with Crippen molar-refractivity contribution in [1.29, 1.82) is 0 Å². The van der Waals surface area contributed by atoms with Crippen molar-refractivity contribution >= 4 is 17.3 Å². The minimum absolute atomic E-state index is 0.556. The van der Waals surface area contributed by atoms with Gasteiger partial charge < -0.3 is 5.32 Å². The van der Waals surface area contributed by atoms with Crippen molar-refractivity contribution in [3.05, 3.63) is 65.2 Å². The third-order valence-corrected chi connectivity index (χ3v) is 3.32. The summed E-state index contributed by atoms with van der Waals surface area (Å²) in [5, 5.41) is 3.41. The number of rotatable bonds is 5. The molecule has 0 aliphatic heterocycles. The van der Waals surface area contributed by atoms with Gasteiger partial charge in [-0.15, -0.1) is 11.6 Å². The van der Waals surface area contributed by atoms with Crippen molar-refractivity contribution in [2.24, 2.45) is 0 Å². The SMILES string of the molecule is CCc1ccc(CNc2cccc(CCl)c2)cc1. The Morgan fingerprint density at radius 1 is 0.944 bits per heavy atom. The van der Waals surface area contributed by atoms with Crippen LogP contribution in [0.25, 0.3) is 0 Å². The quantitative estimate of drug-likeness (QED) is 0.774. The summed E-state index contributed by atoms with van der Waals surface area (Å²) in [6.45, 7) is 3.01. The van der Waals surface area contributed by atoms with Crippen LogP contribution in [0, 0.1) is 0 Å². The second kappa shape index (κ2) is 6.46. The van der Waals surface area contributed by atoms with E-state index < -0.39 is 0 Å². The maximum atomic E-state index is 5.82. The van der Waals surface area contributed by atoms with E-state index in [2.05, 4.69) is 48.6 Å². The van der Waals surface area contributed by atoms with Crippen LogP contribution in [0.2, 0.25) is 0 Å². The number of halogens is 1. The largest absolute Gasteiger partial charge is 0.381 e. The standard InChI is InChI=1S/C16H18ClN/c1-2-13-6-8-14(9-7-13)12-18-16-5-3-4-15(10-16)11-17/h3-10,18H,2,11-12H2,1H3. The molecule has 18 heavy (non-hydrogen) atoms. The van der Waals surface area contributed by atoms with E-state index in [1.54, 1.807) is 0 Å². The monoisotopic (exact) mass is 259 g/mol. The van der Waals surface area contributed by atoms with Crippen LogP contribution in [0.15, 0.2) is 48.5 Å². The predicted octanol–water partition coefficient (Wildman–Crippen LogP) is 4.60. The molecule has 0 atom stereocenters. The maximum Gasteiger partial charge on any atom is 0.0474 e. The summed E-state index contributed by atoms with van der Waals surface area (Å²) in [5.74, 6) is 0.556. The molecule has 2 aromatic rings. The van der Waals surface area contributed by atoms with Crippen LogP contribution in [0.1, 0.15) is 23.6 Å². The summed E-state index contributed by atoms with van der Waals surface area (Å²) in [5.41, 5.74) is 4.93. The van der Waals surface area contributed by atoms with Gasteiger partial charge >= 0.3 is 0 Å². The first-order valence-electron chi connectivity index (χ1n) is 6.28. The van der Waals surface area contributed by atoms with E-state index in [9.17, 15) is 0 Å². The Morgan fingerprint density at radius 2 is 1.67 bits per heavy atom. The number of hydrogen-bond donors (Lipinski definition) is 1. The Balaban J connectivity index is 1.97. The van der Waals surface area contributed by atoms with Gasteiger partial charge in [-0.25, -0.2) is 0 Å². The predicted molar refractivity (Wildman–Crippen MR) is 79.1 cm³/mol. The summed E-state index contributed by atoms with van der Waals surface area (Å²) in [7, 11) is 0. The minimum Gasteiger partial charge on any atom is -0.381 e. The molecule has 2 heteroatoms. The molecule has 0 aliphatic rings. The van der Waals surface area contributed by atoms with Crippen LogP contribution >= 0.6 is 11.6 Å². The first-order chi connectivity index (χ1) is 8.81. The van der Waals surface area contributed by atoms with E-state index in [4.69, 9.17) is 11.6 Å². The lowest BCUT2D eigenvalue weighted by atomic mass is 10.1. The smallest absolute Gasteiger partial charge is 0.0474 e. The lowest BCUT2D eigenvalue weighted by Gasteiger charge is -2.08. The number of aryl methyl sites for hydroxylation is 1. The zero-order valence-corrected chi connectivity index (χ0v) is 11.4. The van der Waals surface area contributed by atoms with Gasteiger partial charge in [0, 0.05) is 18.1 Å². The number of benzene rings is 2. The highest BCUT2D eigenvalue weighted by atomic mass is 35.5. The first-order valence-corrected chi connectivity index (χ1v) is 6.82. The van der Waals surface area contributed by atoms with Crippen LogP contribution in [0.4, 0.5) is 5.69 Å². The van der Waals surface area contributed by atoms with Gasteiger partial charge in [-0.1, -0.05) is 43.3 Å². The highest BCUT2D eigenvalue weighted by Crippen LogP contribution is 2.14. The average molecular weight is 260 g/mol. The third kappa shape index (κ3) is 3.51. The molecular weight excluding hydrogens is 242 g/mol. The minimum atomic E-state index is 0.556. The van der Waals surface area contributed by atoms with Crippen LogP contribution in [0.5, 0.6) is 0 Å². The second-order valence-electron chi connectivity index (χ2n) is 4.36. The van der Waals surface area contributed by atoms with Gasteiger partial charge in [0.25, 0.3) is 0 Å². The molecule has 0 aliphatic carbocycles. The van der Waals surface area contributed by atoms with Crippen LogP contribution in [-0.2, 0) is 18.8 Å². The number of hydrogen-bond acceptors (Lipinski definition) is 1. The fraction of sp³-hybridized carbons (Fsp3) is 0.250. The van der Waals surface area contributed by atoms with E-state index in [0.29, 0.717) is 5.88 Å². The molecule has 2 rings (SSSR count). The topological polar surface area (TPSA) is 12.0 Å². The normalized spacial score (nSPS) is 10.3. The summed E-state index contributed by atoms with van der Waals surface area (Å²) in [4.78, 5) is 0. The molecular formula is C16H18ClN. The highest BCUT2D eigenvalue weighted by molar-refractivity contribution is 6.17. The van der Waals surface area contributed by atoms with E-state index in [-0.39, 0.29) is 0 Å². The van der Waals surface area contributed by atoms with Crippen molar-refractivity contribution in [3.63, 3.8) is 0 Å². The molecule has 1 nitrogen and oxygen atoms in total. The molecule has 0 aromatic heterocycles. The molecule has 2 aromatic carbocycles. The van der Waals surface area contributed by atoms with Crippen molar-refractivity contribution in [2.75, 3.05) is 5.32 Å². The molecule has 0 heterocycles. The van der Waals surface area contributed by atoms with Crippen molar-refractivity contribution in [1.82, 2.24) is 0 Å². The Morgan fingerprint density at radius 3 is 2.33 bits per heavy atom. The molecule has 0 unspecified atom stereocenters. The van der Waals surface area contributed by atoms with Gasteiger partial charge in [0.1, 0.15) is 0 Å². The fourth-order valence-electron chi connectivity index (χ4n) is 1.86. The van der Waals surface area contributed by atoms with E-state index >= 15 is 0 Å². The molecule has 94 valence electrons. The second-order valence-corrected chi connectivity index (χ2v) is 4.62. The van der Waals surface area contributed by atoms with Gasteiger partial charge in [-0.05, 0) is 35.2 Å². The van der Waals surface area contributed by atoms with Crippen molar-refractivity contribution < 1.29 is 0 Å². The Kier molecular flexibility index (Phi) is 4.66. The number of anilines is 1. The van der Waals surface area contributed by atoms with Crippen molar-refractivity contribution in [2.45, 2.75) is 25.8 Å². The molecule has 0 bridgehead atoms. The lowest BCUT2D eigenvalue weighted by molar-refractivity contribution is 1.10. The summed E-state index contributed by atoms with van der Waals surface area (Å²) >= 11 is 5.82. The van der Waals surface area contributed by atoms with Crippen LogP contribution in [0.3, 0.4) is 0 Å². The Labute approximate surface area is 114 Å². The summed E-state index contributed by atoms with van der Waals surface area (Å²) in [6.07, 6.45) is 1.09. The lowest BCUT2D eigenvalue weighted by Crippen LogP contribution is -1.99. The van der Waals surface area contributed by atoms with Crippen LogP contribution in [-0.4, -0.2) is 0 Å². The molecule has 0 radical (unpaired) electrons. The highest BCUT2D eigenvalue weighted by Gasteiger charge is 1.96. The van der Waals surface area contributed by atoms with Gasteiger partial charge in [-0.2, -0.15) is 0 Å². The van der Waals surface area contributed by atoms with Gasteiger partial charge in [0.05, 0.1) is 0 Å². The molecule has 0 amide bonds. The Hall–Kier alpha value is -1.47. The third-order valence-electron chi connectivity index (χ3n) is 3.01. The number of nitrogens with one attached hydrogen (secondary N) is 1. The molecule has 0 saturated heterocycles. The van der Waals surface area contributed by atoms with Crippen molar-refractivity contribution in [3.8, 4) is 0 Å². The van der Waals surface area contributed by atoms with E-state index in [1.165, 1.54) is 11.1 Å². The first kappa shape index (κ1) is 13.0. The zero-order chi connectivity index (χ0) is 12.8. The number of alkyl halides is 1. The molecule has 0 spiro atoms. The average Bonchev–Trinajstić information content (AvgIpc) is 2.46. The fourth-order valence-corrected chi connectivity index (χ4v) is 2.03. The van der Waals surface area contributed by atoms with Crippen LogP contribution < -0.4 is 5.32 Å². The van der Waals surface area contributed by atoms with Gasteiger partial charge in [0.15, 0.2) is 0 Å². The maximum absolute atomic E-state index is 5.82. The van der Waals surface area contributed by atoms with Gasteiger partial charge in [0.2, 0.25) is 0 Å². The Bertz CT molecular complexity index is 491.